The van der Waals surface area contributed by atoms with Crippen LogP contribution in [0.25, 0.3) is 5.69 Å². The third-order valence-corrected chi connectivity index (χ3v) is 7.56. The quantitative estimate of drug-likeness (QED) is 0.623. The number of aromatic nitrogens is 3. The van der Waals surface area contributed by atoms with Crippen molar-refractivity contribution in [2.24, 2.45) is 0 Å². The van der Waals surface area contributed by atoms with Gasteiger partial charge in [-0.3, -0.25) is 19.6 Å². The Morgan fingerprint density at radius 1 is 0.941 bits per heavy atom. The van der Waals surface area contributed by atoms with Crippen LogP contribution in [0.1, 0.15) is 42.6 Å². The molecule has 5 heterocycles. The van der Waals surface area contributed by atoms with Gasteiger partial charge in [0.2, 0.25) is 5.91 Å². The van der Waals surface area contributed by atoms with Crippen LogP contribution in [0.15, 0.2) is 24.5 Å². The van der Waals surface area contributed by atoms with E-state index in [1.54, 1.807) is 0 Å². The first-order valence-electron chi connectivity index (χ1n) is 13.1. The molecule has 0 aliphatic carbocycles. The Hall–Kier alpha value is -2.29. The molecule has 0 spiro atoms. The first kappa shape index (κ1) is 23.5. The molecule has 2 fully saturated rings. The van der Waals surface area contributed by atoms with Gasteiger partial charge in [-0.05, 0) is 64.5 Å². The average Bonchev–Trinajstić information content (AvgIpc) is 3.29. The van der Waals surface area contributed by atoms with Gasteiger partial charge in [-0.1, -0.05) is 6.42 Å². The van der Waals surface area contributed by atoms with Gasteiger partial charge >= 0.3 is 0 Å². The van der Waals surface area contributed by atoms with Gasteiger partial charge in [-0.25, -0.2) is 4.68 Å². The van der Waals surface area contributed by atoms with E-state index in [2.05, 4.69) is 30.8 Å². The summed E-state index contributed by atoms with van der Waals surface area (Å²) in [5.41, 5.74) is 4.40. The van der Waals surface area contributed by atoms with Crippen molar-refractivity contribution in [1.29, 1.82) is 0 Å². The fourth-order valence-electron chi connectivity index (χ4n) is 5.53. The number of pyridine rings is 1. The predicted octanol–water partition coefficient (Wildman–Crippen LogP) is 1.95. The Balaban J connectivity index is 1.05. The number of fused-ring (bicyclic) bond motifs is 1. The lowest BCUT2D eigenvalue weighted by atomic mass is 10.1. The summed E-state index contributed by atoms with van der Waals surface area (Å²) < 4.78 is 1.95. The van der Waals surface area contributed by atoms with Crippen LogP contribution in [-0.4, -0.2) is 106 Å². The number of hydrogen-bond acceptors (Lipinski definition) is 6. The van der Waals surface area contributed by atoms with E-state index in [9.17, 15) is 4.79 Å². The Morgan fingerprint density at radius 3 is 2.47 bits per heavy atom. The van der Waals surface area contributed by atoms with Crippen molar-refractivity contribution < 1.29 is 4.79 Å². The molecule has 0 N–H and O–H groups in total. The molecular formula is C26H39N7O. The fraction of sp³-hybridized carbons (Fsp3) is 0.654. The molecule has 3 aliphatic rings. The molecule has 2 saturated heterocycles. The number of rotatable bonds is 7. The third-order valence-electron chi connectivity index (χ3n) is 7.56. The number of likely N-dealkylation sites (tertiary alicyclic amines) is 1. The van der Waals surface area contributed by atoms with Crippen LogP contribution < -0.4 is 0 Å². The SMILES string of the molecule is Cc1cc(-n2cc3c(n2)CCN(CC(=O)N2CCN(CCCN4CCCCC4)CC2)C3)ccn1. The molecule has 3 aliphatic heterocycles. The monoisotopic (exact) mass is 465 g/mol. The number of nitrogens with zero attached hydrogens (tertiary/aromatic N) is 7. The smallest absolute Gasteiger partial charge is 0.236 e. The largest absolute Gasteiger partial charge is 0.339 e. The number of carbonyl (C=O) groups excluding carboxylic acids is 1. The van der Waals surface area contributed by atoms with Crippen molar-refractivity contribution in [1.82, 2.24) is 34.4 Å². The van der Waals surface area contributed by atoms with Gasteiger partial charge in [0.15, 0.2) is 0 Å². The Kier molecular flexibility index (Phi) is 7.57. The number of amides is 1. The fourth-order valence-corrected chi connectivity index (χ4v) is 5.53. The number of piperazine rings is 1. The van der Waals surface area contributed by atoms with Crippen LogP contribution in [0.5, 0.6) is 0 Å². The van der Waals surface area contributed by atoms with E-state index in [1.807, 2.05) is 29.9 Å². The maximum Gasteiger partial charge on any atom is 0.236 e. The summed E-state index contributed by atoms with van der Waals surface area (Å²) in [4.78, 5) is 26.8. The highest BCUT2D eigenvalue weighted by atomic mass is 16.2. The van der Waals surface area contributed by atoms with E-state index in [1.165, 1.54) is 50.9 Å². The maximum atomic E-state index is 13.0. The summed E-state index contributed by atoms with van der Waals surface area (Å²) in [7, 11) is 0. The Labute approximate surface area is 203 Å². The Bertz CT molecular complexity index is 960. The molecule has 0 bridgehead atoms. The number of carbonyl (C=O) groups is 1. The van der Waals surface area contributed by atoms with E-state index in [0.29, 0.717) is 6.54 Å². The molecule has 2 aromatic heterocycles. The van der Waals surface area contributed by atoms with Crippen molar-refractivity contribution in [2.75, 3.05) is 65.4 Å². The van der Waals surface area contributed by atoms with E-state index >= 15 is 0 Å². The summed E-state index contributed by atoms with van der Waals surface area (Å²) in [6.07, 6.45) is 10.2. The molecule has 0 aromatic carbocycles. The number of hydrogen-bond donors (Lipinski definition) is 0. The molecule has 184 valence electrons. The molecule has 0 unspecified atom stereocenters. The van der Waals surface area contributed by atoms with E-state index in [0.717, 1.165) is 69.3 Å². The van der Waals surface area contributed by atoms with Crippen molar-refractivity contribution >= 4 is 5.91 Å². The zero-order chi connectivity index (χ0) is 23.3. The first-order valence-corrected chi connectivity index (χ1v) is 13.1. The lowest BCUT2D eigenvalue weighted by molar-refractivity contribution is -0.134. The summed E-state index contributed by atoms with van der Waals surface area (Å²) in [5.74, 6) is 0.272. The zero-order valence-corrected chi connectivity index (χ0v) is 20.7. The molecule has 8 heteroatoms. The van der Waals surface area contributed by atoms with Gasteiger partial charge in [0.1, 0.15) is 0 Å². The van der Waals surface area contributed by atoms with Gasteiger partial charge in [0, 0.05) is 69.3 Å². The van der Waals surface area contributed by atoms with E-state index < -0.39 is 0 Å². The van der Waals surface area contributed by atoms with Crippen LogP contribution in [0.3, 0.4) is 0 Å². The maximum absolute atomic E-state index is 13.0. The van der Waals surface area contributed by atoms with E-state index in [-0.39, 0.29) is 5.91 Å². The highest BCUT2D eigenvalue weighted by Crippen LogP contribution is 2.20. The summed E-state index contributed by atoms with van der Waals surface area (Å²) in [6, 6.07) is 4.03. The highest BCUT2D eigenvalue weighted by molar-refractivity contribution is 5.78. The lowest BCUT2D eigenvalue weighted by Crippen LogP contribution is -2.51. The molecular weight excluding hydrogens is 426 g/mol. The predicted molar refractivity (Wildman–Crippen MR) is 133 cm³/mol. The summed E-state index contributed by atoms with van der Waals surface area (Å²) >= 11 is 0. The van der Waals surface area contributed by atoms with Crippen LogP contribution in [0, 0.1) is 6.92 Å². The van der Waals surface area contributed by atoms with E-state index in [4.69, 9.17) is 5.10 Å². The molecule has 0 saturated carbocycles. The van der Waals surface area contributed by atoms with Gasteiger partial charge in [0.05, 0.1) is 17.9 Å². The molecule has 2 aromatic rings. The van der Waals surface area contributed by atoms with Crippen molar-refractivity contribution in [3.8, 4) is 5.69 Å². The molecule has 34 heavy (non-hydrogen) atoms. The molecule has 8 nitrogen and oxygen atoms in total. The molecule has 1 amide bonds. The van der Waals surface area contributed by atoms with Gasteiger partial charge in [0.25, 0.3) is 0 Å². The minimum Gasteiger partial charge on any atom is -0.339 e. The second-order valence-electron chi connectivity index (χ2n) is 10.1. The van der Waals surface area contributed by atoms with Crippen molar-refractivity contribution in [3.05, 3.63) is 41.5 Å². The Morgan fingerprint density at radius 2 is 1.71 bits per heavy atom. The third kappa shape index (κ3) is 5.85. The van der Waals surface area contributed by atoms with Gasteiger partial charge in [-0.15, -0.1) is 0 Å². The topological polar surface area (TPSA) is 60.7 Å². The normalized spacial score (nSPS) is 20.4. The lowest BCUT2D eigenvalue weighted by Gasteiger charge is -2.36. The minimum absolute atomic E-state index is 0.272. The van der Waals surface area contributed by atoms with Crippen molar-refractivity contribution in [2.45, 2.75) is 45.6 Å². The van der Waals surface area contributed by atoms with Gasteiger partial charge in [-0.2, -0.15) is 5.10 Å². The zero-order valence-electron chi connectivity index (χ0n) is 20.7. The summed E-state index contributed by atoms with van der Waals surface area (Å²) in [5, 5.41) is 4.79. The highest BCUT2D eigenvalue weighted by Gasteiger charge is 2.26. The number of aryl methyl sites for hydroxylation is 1. The first-order chi connectivity index (χ1) is 16.6. The molecule has 0 radical (unpaired) electrons. The molecule has 0 atom stereocenters. The second kappa shape index (κ2) is 11.0. The van der Waals surface area contributed by atoms with Crippen LogP contribution >= 0.6 is 0 Å². The van der Waals surface area contributed by atoms with Crippen LogP contribution in [0.2, 0.25) is 0 Å². The van der Waals surface area contributed by atoms with Crippen LogP contribution in [-0.2, 0) is 17.8 Å². The number of piperidine rings is 1. The second-order valence-corrected chi connectivity index (χ2v) is 10.1. The van der Waals surface area contributed by atoms with Gasteiger partial charge < -0.3 is 9.80 Å². The standard InChI is InChI=1S/C26H39N7O/c1-22-18-24(6-8-27-22)33-20-23-19-31(13-7-25(23)28-33)21-26(34)32-16-14-30(15-17-32)12-5-11-29-9-3-2-4-10-29/h6,8,18,20H,2-5,7,9-17,19,21H2,1H3. The van der Waals surface area contributed by atoms with Crippen LogP contribution in [0.4, 0.5) is 0 Å². The average molecular weight is 466 g/mol. The van der Waals surface area contributed by atoms with Crippen molar-refractivity contribution in [3.63, 3.8) is 0 Å². The minimum atomic E-state index is 0.272. The molecule has 5 rings (SSSR count). The summed E-state index contributed by atoms with van der Waals surface area (Å²) in [6.45, 7) is 12.9.